The highest BCUT2D eigenvalue weighted by atomic mass is 16.5. The number of rotatable bonds is 4. The first-order valence-corrected chi connectivity index (χ1v) is 7.04. The van der Waals surface area contributed by atoms with Crippen molar-refractivity contribution in [3.8, 4) is 0 Å². The molecule has 4 heteroatoms. The number of esters is 1. The van der Waals surface area contributed by atoms with Gasteiger partial charge in [0, 0.05) is 12.1 Å². The first-order chi connectivity index (χ1) is 8.48. The minimum Gasteiger partial charge on any atom is -0.468 e. The molecule has 2 unspecified atom stereocenters. The van der Waals surface area contributed by atoms with Crippen molar-refractivity contribution in [2.45, 2.75) is 57.2 Å². The number of methoxy groups -OCH3 is 1. The maximum absolute atomic E-state index is 12.2. The van der Waals surface area contributed by atoms with Crippen LogP contribution in [0.1, 0.15) is 39.5 Å². The molecule has 2 heterocycles. The molecular weight excluding hydrogens is 228 g/mol. The average Bonchev–Trinajstić information content (AvgIpc) is 2.58. The molecule has 2 rings (SSSR count). The van der Waals surface area contributed by atoms with Crippen LogP contribution in [0.2, 0.25) is 0 Å². The quantitative estimate of drug-likeness (QED) is 0.770. The summed E-state index contributed by atoms with van der Waals surface area (Å²) < 4.78 is 5.07. The number of piperidine rings is 1. The third-order valence-corrected chi connectivity index (χ3v) is 4.58. The van der Waals surface area contributed by atoms with Crippen molar-refractivity contribution in [1.29, 1.82) is 0 Å². The van der Waals surface area contributed by atoms with E-state index in [9.17, 15) is 4.79 Å². The Labute approximate surface area is 110 Å². The highest BCUT2D eigenvalue weighted by Crippen LogP contribution is 2.40. The van der Waals surface area contributed by atoms with E-state index in [1.807, 2.05) is 0 Å². The maximum Gasteiger partial charge on any atom is 0.326 e. The van der Waals surface area contributed by atoms with Gasteiger partial charge in [0.1, 0.15) is 5.54 Å². The minimum absolute atomic E-state index is 0.0758. The Morgan fingerprint density at radius 1 is 1.39 bits per heavy atom. The van der Waals surface area contributed by atoms with Crippen LogP contribution in [0.25, 0.3) is 0 Å². The normalized spacial score (nSPS) is 36.1. The molecule has 0 saturated carbocycles. The second kappa shape index (κ2) is 5.17. The summed E-state index contributed by atoms with van der Waals surface area (Å²) in [6, 6.07) is 1.06. The number of hydrogen-bond donors (Lipinski definition) is 1. The summed E-state index contributed by atoms with van der Waals surface area (Å²) in [5.74, 6) is 0.469. The molecule has 2 atom stereocenters. The Hall–Kier alpha value is -0.610. The van der Waals surface area contributed by atoms with Crippen molar-refractivity contribution in [1.82, 2.24) is 10.2 Å². The predicted molar refractivity (Wildman–Crippen MR) is 71.4 cm³/mol. The molecule has 0 aromatic heterocycles. The Balaban J connectivity index is 2.14. The second-order valence-electron chi connectivity index (χ2n) is 6.31. The van der Waals surface area contributed by atoms with Crippen molar-refractivity contribution in [3.63, 3.8) is 0 Å². The van der Waals surface area contributed by atoms with Crippen LogP contribution in [0.15, 0.2) is 0 Å². The van der Waals surface area contributed by atoms with Gasteiger partial charge in [-0.2, -0.15) is 0 Å². The lowest BCUT2D eigenvalue weighted by Gasteiger charge is -2.44. The van der Waals surface area contributed by atoms with E-state index >= 15 is 0 Å². The summed E-state index contributed by atoms with van der Waals surface area (Å²) in [7, 11) is 3.69. The van der Waals surface area contributed by atoms with Crippen molar-refractivity contribution >= 4 is 5.97 Å². The van der Waals surface area contributed by atoms with E-state index in [1.165, 1.54) is 20.0 Å². The molecule has 2 fully saturated rings. The molecule has 0 aliphatic carbocycles. The molecule has 0 aromatic rings. The molecule has 1 N–H and O–H groups in total. The van der Waals surface area contributed by atoms with Gasteiger partial charge in [-0.1, -0.05) is 13.8 Å². The first kappa shape index (κ1) is 13.8. The van der Waals surface area contributed by atoms with Crippen molar-refractivity contribution < 1.29 is 9.53 Å². The van der Waals surface area contributed by atoms with Crippen molar-refractivity contribution in [3.05, 3.63) is 0 Å². The Kier molecular flexibility index (Phi) is 3.97. The van der Waals surface area contributed by atoms with Crippen LogP contribution < -0.4 is 5.32 Å². The van der Waals surface area contributed by atoms with E-state index in [4.69, 9.17) is 4.74 Å². The summed E-state index contributed by atoms with van der Waals surface area (Å²) in [4.78, 5) is 14.7. The van der Waals surface area contributed by atoms with Gasteiger partial charge in [-0.05, 0) is 45.2 Å². The van der Waals surface area contributed by atoms with Crippen LogP contribution in [0.3, 0.4) is 0 Å². The van der Waals surface area contributed by atoms with Crippen LogP contribution >= 0.6 is 0 Å². The smallest absolute Gasteiger partial charge is 0.326 e. The molecule has 2 aliphatic heterocycles. The lowest BCUT2D eigenvalue weighted by molar-refractivity contribution is -0.152. The zero-order chi connectivity index (χ0) is 13.3. The molecule has 2 saturated heterocycles. The van der Waals surface area contributed by atoms with Gasteiger partial charge in [0.15, 0.2) is 0 Å². The fourth-order valence-electron chi connectivity index (χ4n) is 3.45. The third kappa shape index (κ3) is 2.41. The number of fused-ring (bicyclic) bond motifs is 2. The van der Waals surface area contributed by atoms with Crippen LogP contribution in [-0.2, 0) is 9.53 Å². The van der Waals surface area contributed by atoms with E-state index < -0.39 is 5.54 Å². The maximum atomic E-state index is 12.2. The highest BCUT2D eigenvalue weighted by Gasteiger charge is 2.51. The molecule has 104 valence electrons. The van der Waals surface area contributed by atoms with Crippen LogP contribution in [-0.4, -0.2) is 49.2 Å². The third-order valence-electron chi connectivity index (χ3n) is 4.58. The lowest BCUT2D eigenvalue weighted by Crippen LogP contribution is -2.62. The van der Waals surface area contributed by atoms with E-state index in [1.54, 1.807) is 0 Å². The predicted octanol–water partition coefficient (Wildman–Crippen LogP) is 1.40. The number of ether oxygens (including phenoxy) is 1. The van der Waals surface area contributed by atoms with Gasteiger partial charge in [-0.15, -0.1) is 0 Å². The molecule has 2 bridgehead atoms. The monoisotopic (exact) mass is 254 g/mol. The Bertz CT molecular complexity index is 303. The van der Waals surface area contributed by atoms with Gasteiger partial charge in [-0.25, -0.2) is 0 Å². The fourth-order valence-corrected chi connectivity index (χ4v) is 3.45. The molecule has 4 nitrogen and oxygen atoms in total. The number of carbonyl (C=O) groups is 1. The number of nitrogens with one attached hydrogen (secondary N) is 1. The highest BCUT2D eigenvalue weighted by molar-refractivity contribution is 5.81. The average molecular weight is 254 g/mol. The first-order valence-electron chi connectivity index (χ1n) is 7.04. The topological polar surface area (TPSA) is 41.6 Å². The van der Waals surface area contributed by atoms with Gasteiger partial charge in [0.2, 0.25) is 0 Å². The summed E-state index contributed by atoms with van der Waals surface area (Å²) >= 11 is 0. The molecule has 18 heavy (non-hydrogen) atoms. The van der Waals surface area contributed by atoms with Gasteiger partial charge < -0.3 is 15.0 Å². The van der Waals surface area contributed by atoms with Gasteiger partial charge in [0.25, 0.3) is 0 Å². The molecule has 2 aliphatic rings. The Morgan fingerprint density at radius 2 is 1.94 bits per heavy atom. The van der Waals surface area contributed by atoms with Crippen LogP contribution in [0, 0.1) is 5.92 Å². The van der Waals surface area contributed by atoms with Gasteiger partial charge >= 0.3 is 5.97 Å². The fraction of sp³-hybridized carbons (Fsp3) is 0.929. The zero-order valence-corrected chi connectivity index (χ0v) is 12.0. The van der Waals surface area contributed by atoms with Crippen molar-refractivity contribution in [2.75, 3.05) is 20.7 Å². The second-order valence-corrected chi connectivity index (χ2v) is 6.31. The number of carbonyl (C=O) groups excluding carboxylic acids is 1. The van der Waals surface area contributed by atoms with E-state index in [0.717, 1.165) is 19.4 Å². The van der Waals surface area contributed by atoms with Gasteiger partial charge in [-0.3, -0.25) is 4.79 Å². The molecular formula is C14H26N2O2. The number of hydrogen-bond acceptors (Lipinski definition) is 4. The van der Waals surface area contributed by atoms with Crippen LogP contribution in [0.4, 0.5) is 0 Å². The summed E-state index contributed by atoms with van der Waals surface area (Å²) in [5.41, 5.74) is -0.447. The largest absolute Gasteiger partial charge is 0.468 e. The lowest BCUT2D eigenvalue weighted by atomic mass is 9.82. The van der Waals surface area contributed by atoms with Gasteiger partial charge in [0.05, 0.1) is 7.11 Å². The summed E-state index contributed by atoms with van der Waals surface area (Å²) in [6.07, 6.45) is 4.20. The molecule has 0 amide bonds. The summed E-state index contributed by atoms with van der Waals surface area (Å²) in [5, 5.41) is 3.51. The molecule has 0 spiro atoms. The van der Waals surface area contributed by atoms with E-state index in [0.29, 0.717) is 18.0 Å². The summed E-state index contributed by atoms with van der Waals surface area (Å²) in [6.45, 7) is 5.21. The Morgan fingerprint density at radius 3 is 2.39 bits per heavy atom. The molecule has 0 aromatic carbocycles. The van der Waals surface area contributed by atoms with E-state index in [2.05, 4.69) is 31.1 Å². The van der Waals surface area contributed by atoms with Crippen LogP contribution in [0.5, 0.6) is 0 Å². The minimum atomic E-state index is -0.447. The number of nitrogens with zero attached hydrogens (tertiary/aromatic N) is 1. The van der Waals surface area contributed by atoms with E-state index in [-0.39, 0.29) is 5.97 Å². The standard InChI is InChI=1S/C14H26N2O2/c1-10(2)9-15-14(13(17)18-4)7-11-5-6-12(8-14)16(11)3/h10-12,15H,5-9H2,1-4H3. The molecule has 0 radical (unpaired) electrons. The zero-order valence-electron chi connectivity index (χ0n) is 12.0. The SMILES string of the molecule is COC(=O)C1(NCC(C)C)CC2CCC(C1)N2C. The van der Waals surface area contributed by atoms with Crippen molar-refractivity contribution in [2.24, 2.45) is 5.92 Å².